The summed E-state index contributed by atoms with van der Waals surface area (Å²) in [6, 6.07) is 14.9. The van der Waals surface area contributed by atoms with Crippen LogP contribution in [-0.2, 0) is 11.2 Å². The van der Waals surface area contributed by atoms with Crippen molar-refractivity contribution in [2.75, 3.05) is 39.3 Å². The molecular formula is C31H40ClN5O3. The van der Waals surface area contributed by atoms with Crippen molar-refractivity contribution >= 4 is 23.4 Å². The van der Waals surface area contributed by atoms with Gasteiger partial charge in [0.1, 0.15) is 17.9 Å². The molecule has 0 atom stereocenters. The van der Waals surface area contributed by atoms with E-state index < -0.39 is 0 Å². The Labute approximate surface area is 242 Å². The molecule has 0 radical (unpaired) electrons. The minimum Gasteiger partial charge on any atom is -0.489 e. The third-order valence-electron chi connectivity index (χ3n) is 8.43. The number of nitriles is 1. The van der Waals surface area contributed by atoms with Gasteiger partial charge in [-0.3, -0.25) is 14.5 Å². The normalized spacial score (nSPS) is 22.1. The van der Waals surface area contributed by atoms with E-state index >= 15 is 0 Å². The number of benzene rings is 2. The Morgan fingerprint density at radius 1 is 1.05 bits per heavy atom. The minimum atomic E-state index is -0.315. The Morgan fingerprint density at radius 2 is 1.68 bits per heavy atom. The molecule has 0 spiro atoms. The van der Waals surface area contributed by atoms with Gasteiger partial charge in [-0.1, -0.05) is 51.4 Å². The van der Waals surface area contributed by atoms with Gasteiger partial charge in [-0.05, 0) is 49.2 Å². The smallest absolute Gasteiger partial charge is 0.251 e. The van der Waals surface area contributed by atoms with E-state index in [0.29, 0.717) is 28.4 Å². The highest BCUT2D eigenvalue weighted by atomic mass is 35.5. The minimum absolute atomic E-state index is 0.0885. The lowest BCUT2D eigenvalue weighted by Gasteiger charge is -2.63. The lowest BCUT2D eigenvalue weighted by atomic mass is 9.49. The highest BCUT2D eigenvalue weighted by Crippen LogP contribution is 2.55. The van der Waals surface area contributed by atoms with Gasteiger partial charge in [0.2, 0.25) is 5.91 Å². The van der Waals surface area contributed by atoms with Crippen LogP contribution in [0.15, 0.2) is 42.5 Å². The largest absolute Gasteiger partial charge is 0.489 e. The Balaban J connectivity index is 1.26. The van der Waals surface area contributed by atoms with Gasteiger partial charge in [-0.25, -0.2) is 0 Å². The summed E-state index contributed by atoms with van der Waals surface area (Å²) < 4.78 is 6.33. The topological polar surface area (TPSA) is 112 Å². The number of primary amides is 1. The summed E-state index contributed by atoms with van der Waals surface area (Å²) >= 11 is 6.20. The van der Waals surface area contributed by atoms with E-state index in [-0.39, 0.29) is 34.8 Å². The van der Waals surface area contributed by atoms with Crippen molar-refractivity contribution in [2.45, 2.75) is 52.7 Å². The number of hydrogen-bond acceptors (Lipinski definition) is 6. The molecule has 214 valence electrons. The van der Waals surface area contributed by atoms with E-state index in [2.05, 4.69) is 48.9 Å². The fourth-order valence-corrected chi connectivity index (χ4v) is 6.74. The third kappa shape index (κ3) is 6.60. The zero-order valence-electron chi connectivity index (χ0n) is 23.9. The first-order chi connectivity index (χ1) is 18.9. The van der Waals surface area contributed by atoms with Gasteiger partial charge in [0.25, 0.3) is 5.91 Å². The number of rotatable bonds is 10. The first-order valence-corrected chi connectivity index (χ1v) is 14.3. The standard InChI is InChI=1S/C31H40ClN5O3/c1-30(2)28(31(3,4)29(30)40-24-12-11-23(19-33)25(32)18-24)35-27(39)22-9-7-21(8-10-22)6-5-13-36-14-16-37(17-15-36)20-26(34)38/h7-12,18,28-29H,5-6,13-17,20H2,1-4H3,(H2,34,38)(H,35,39). The maximum atomic E-state index is 13.2. The second-order valence-electron chi connectivity index (χ2n) is 12.2. The number of halogens is 1. The summed E-state index contributed by atoms with van der Waals surface area (Å²) in [6.07, 6.45) is 1.84. The SMILES string of the molecule is CC1(C)C(NC(=O)c2ccc(CCCN3CCN(CC(N)=O)CC3)cc2)C(C)(C)C1Oc1ccc(C#N)c(Cl)c1. The van der Waals surface area contributed by atoms with Gasteiger partial charge in [-0.15, -0.1) is 0 Å². The van der Waals surface area contributed by atoms with Gasteiger partial charge >= 0.3 is 0 Å². The van der Waals surface area contributed by atoms with Gasteiger partial charge in [0, 0.05) is 54.7 Å². The average Bonchev–Trinajstić information content (AvgIpc) is 2.91. The molecule has 1 saturated heterocycles. The van der Waals surface area contributed by atoms with Crippen LogP contribution in [0.25, 0.3) is 0 Å². The van der Waals surface area contributed by atoms with Crippen molar-refractivity contribution in [3.05, 3.63) is 64.2 Å². The second-order valence-corrected chi connectivity index (χ2v) is 12.6. The molecule has 2 aliphatic rings. The number of carbonyl (C=O) groups excluding carboxylic acids is 2. The van der Waals surface area contributed by atoms with E-state index in [1.165, 1.54) is 5.56 Å². The Kier molecular flexibility index (Phi) is 9.09. The van der Waals surface area contributed by atoms with E-state index in [4.69, 9.17) is 27.3 Å². The molecule has 0 bridgehead atoms. The highest BCUT2D eigenvalue weighted by Gasteiger charge is 2.64. The molecular weight excluding hydrogens is 526 g/mol. The maximum Gasteiger partial charge on any atom is 0.251 e. The first kappa shape index (κ1) is 29.9. The molecule has 0 unspecified atom stereocenters. The van der Waals surface area contributed by atoms with Crippen molar-refractivity contribution in [1.29, 1.82) is 5.26 Å². The van der Waals surface area contributed by atoms with Crippen LogP contribution in [0.3, 0.4) is 0 Å². The Morgan fingerprint density at radius 3 is 2.25 bits per heavy atom. The lowest BCUT2D eigenvalue weighted by molar-refractivity contribution is -0.164. The summed E-state index contributed by atoms with van der Waals surface area (Å²) in [5.74, 6) is 0.251. The molecule has 2 fully saturated rings. The van der Waals surface area contributed by atoms with Crippen LogP contribution in [0.1, 0.15) is 55.6 Å². The summed E-state index contributed by atoms with van der Waals surface area (Å²) in [7, 11) is 0. The molecule has 2 amide bonds. The summed E-state index contributed by atoms with van der Waals surface area (Å²) in [5, 5.41) is 12.7. The predicted molar refractivity (Wildman–Crippen MR) is 156 cm³/mol. The van der Waals surface area contributed by atoms with Gasteiger partial charge in [-0.2, -0.15) is 5.26 Å². The number of nitrogens with one attached hydrogen (secondary N) is 1. The number of nitrogens with two attached hydrogens (primary N) is 1. The lowest BCUT2D eigenvalue weighted by Crippen LogP contribution is -2.74. The van der Waals surface area contributed by atoms with Gasteiger partial charge in [0.05, 0.1) is 17.1 Å². The number of ether oxygens (including phenoxy) is 1. The fraction of sp³-hybridized carbons (Fsp3) is 0.516. The molecule has 2 aromatic rings. The number of carbonyl (C=O) groups is 2. The zero-order valence-corrected chi connectivity index (χ0v) is 24.6. The van der Waals surface area contributed by atoms with Crippen LogP contribution in [0.2, 0.25) is 5.02 Å². The molecule has 1 saturated carbocycles. The van der Waals surface area contributed by atoms with E-state index in [1.54, 1.807) is 18.2 Å². The molecule has 2 aromatic carbocycles. The van der Waals surface area contributed by atoms with E-state index in [1.807, 2.05) is 24.3 Å². The molecule has 1 heterocycles. The summed E-state index contributed by atoms with van der Waals surface area (Å²) in [6.45, 7) is 13.4. The molecule has 1 aliphatic heterocycles. The zero-order chi connectivity index (χ0) is 29.1. The first-order valence-electron chi connectivity index (χ1n) is 13.9. The Bertz CT molecular complexity index is 1250. The van der Waals surface area contributed by atoms with Crippen LogP contribution in [-0.4, -0.2) is 73.0 Å². The molecule has 4 rings (SSSR count). The summed E-state index contributed by atoms with van der Waals surface area (Å²) in [5.41, 5.74) is 6.93. The van der Waals surface area contributed by atoms with Crippen LogP contribution < -0.4 is 15.8 Å². The quantitative estimate of drug-likeness (QED) is 0.452. The highest BCUT2D eigenvalue weighted by molar-refractivity contribution is 6.31. The van der Waals surface area contributed by atoms with Crippen LogP contribution in [0.4, 0.5) is 0 Å². The molecule has 3 N–H and O–H groups in total. The summed E-state index contributed by atoms with van der Waals surface area (Å²) in [4.78, 5) is 28.8. The Hall–Kier alpha value is -3.12. The molecule has 1 aliphatic carbocycles. The van der Waals surface area contributed by atoms with Gasteiger partial charge < -0.3 is 20.7 Å². The van der Waals surface area contributed by atoms with Crippen molar-refractivity contribution in [3.63, 3.8) is 0 Å². The number of nitrogens with zero attached hydrogens (tertiary/aromatic N) is 3. The van der Waals surface area contributed by atoms with E-state index in [9.17, 15) is 9.59 Å². The van der Waals surface area contributed by atoms with Crippen LogP contribution in [0.5, 0.6) is 5.75 Å². The van der Waals surface area contributed by atoms with Crippen molar-refractivity contribution in [2.24, 2.45) is 16.6 Å². The monoisotopic (exact) mass is 565 g/mol. The fourth-order valence-electron chi connectivity index (χ4n) is 6.53. The van der Waals surface area contributed by atoms with Crippen molar-refractivity contribution in [1.82, 2.24) is 15.1 Å². The van der Waals surface area contributed by atoms with Crippen molar-refractivity contribution in [3.8, 4) is 11.8 Å². The second kappa shape index (κ2) is 12.2. The molecule has 40 heavy (non-hydrogen) atoms. The number of piperazine rings is 1. The van der Waals surface area contributed by atoms with Crippen LogP contribution >= 0.6 is 11.6 Å². The molecule has 9 heteroatoms. The predicted octanol–water partition coefficient (Wildman–Crippen LogP) is 3.86. The number of amides is 2. The molecule has 0 aromatic heterocycles. The molecule has 8 nitrogen and oxygen atoms in total. The number of aryl methyl sites for hydroxylation is 1. The third-order valence-corrected chi connectivity index (χ3v) is 8.74. The van der Waals surface area contributed by atoms with E-state index in [0.717, 1.165) is 45.6 Å². The number of hydrogen-bond donors (Lipinski definition) is 2. The van der Waals surface area contributed by atoms with Gasteiger partial charge in [0.15, 0.2) is 0 Å². The van der Waals surface area contributed by atoms with Crippen molar-refractivity contribution < 1.29 is 14.3 Å². The van der Waals surface area contributed by atoms with Crippen LogP contribution in [0, 0.1) is 22.2 Å². The maximum absolute atomic E-state index is 13.2. The average molecular weight is 566 g/mol.